The van der Waals surface area contributed by atoms with Gasteiger partial charge < -0.3 is 64.2 Å². The van der Waals surface area contributed by atoms with Gasteiger partial charge >= 0.3 is 11.9 Å². The minimum absolute atomic E-state index is 0.113. The SMILES string of the molecule is CC/C=C/C/C=C/C/C=C/C/C=C/CCCCC(=O)O[C@@H](COC(=O)CCCCCCCCCCCCCCCCCCCCCCC)CO[C@@H]1O[C@H](CO[C@@H]2O[C@H](CO)[C@H](O)C(O)C2O)[C@H](O)C(O)C1O. The van der Waals surface area contributed by atoms with E-state index in [2.05, 4.69) is 62.5 Å². The van der Waals surface area contributed by atoms with Crippen molar-refractivity contribution in [2.75, 3.05) is 26.4 Å². The second-order valence-corrected chi connectivity index (χ2v) is 19.7. The molecule has 7 N–H and O–H groups in total. The van der Waals surface area contributed by atoms with E-state index >= 15 is 0 Å². The Kier molecular flexibility index (Phi) is 39.8. The molecule has 2 rings (SSSR count). The van der Waals surface area contributed by atoms with Gasteiger partial charge in [-0.15, -0.1) is 0 Å². The molecule has 0 aliphatic carbocycles. The van der Waals surface area contributed by atoms with E-state index in [1.54, 1.807) is 0 Å². The maximum atomic E-state index is 13.0. The molecule has 0 spiro atoms. The van der Waals surface area contributed by atoms with Crippen molar-refractivity contribution in [1.82, 2.24) is 0 Å². The lowest BCUT2D eigenvalue weighted by Gasteiger charge is -2.42. The van der Waals surface area contributed by atoms with E-state index in [0.717, 1.165) is 57.8 Å². The third kappa shape index (κ3) is 30.7. The van der Waals surface area contributed by atoms with E-state index in [9.17, 15) is 45.3 Å². The molecule has 15 nitrogen and oxygen atoms in total. The zero-order valence-corrected chi connectivity index (χ0v) is 44.4. The molecule has 2 fully saturated rings. The summed E-state index contributed by atoms with van der Waals surface area (Å²) in [5, 5.41) is 72.2. The van der Waals surface area contributed by atoms with Crippen molar-refractivity contribution < 1.29 is 73.8 Å². The van der Waals surface area contributed by atoms with Crippen LogP contribution < -0.4 is 0 Å². The molecule has 2 heterocycles. The number of rotatable bonds is 44. The van der Waals surface area contributed by atoms with Gasteiger partial charge in [-0.05, 0) is 51.4 Å². The van der Waals surface area contributed by atoms with Crippen molar-refractivity contribution in [3.63, 3.8) is 0 Å². The van der Waals surface area contributed by atoms with Crippen molar-refractivity contribution in [3.8, 4) is 0 Å². The Hall–Kier alpha value is -2.54. The fraction of sp³-hybridized carbons (Fsp3) is 0.825. The number of carbonyl (C=O) groups excluding carboxylic acids is 2. The summed E-state index contributed by atoms with van der Waals surface area (Å²) in [4.78, 5) is 25.8. The van der Waals surface area contributed by atoms with Crippen molar-refractivity contribution in [2.24, 2.45) is 0 Å². The van der Waals surface area contributed by atoms with Gasteiger partial charge in [0.1, 0.15) is 55.4 Å². The summed E-state index contributed by atoms with van der Waals surface area (Å²) < 4.78 is 33.6. The van der Waals surface area contributed by atoms with Crippen LogP contribution >= 0.6 is 0 Å². The van der Waals surface area contributed by atoms with Gasteiger partial charge in [0.05, 0.1) is 19.8 Å². The number of unbranched alkanes of at least 4 members (excludes halogenated alkanes) is 22. The molecule has 2 aliphatic heterocycles. The Morgan fingerprint density at radius 2 is 0.875 bits per heavy atom. The Bertz CT molecular complexity index is 1440. The monoisotopic (exact) mass is 1020 g/mol. The van der Waals surface area contributed by atoms with Gasteiger partial charge in [-0.25, -0.2) is 0 Å². The fourth-order valence-electron chi connectivity index (χ4n) is 8.74. The lowest BCUT2D eigenvalue weighted by molar-refractivity contribution is -0.332. The van der Waals surface area contributed by atoms with Crippen LogP contribution in [0.3, 0.4) is 0 Å². The highest BCUT2D eigenvalue weighted by Gasteiger charge is 2.47. The Morgan fingerprint density at radius 1 is 0.458 bits per heavy atom. The quantitative estimate of drug-likeness (QED) is 0.0171. The number of carbonyl (C=O) groups is 2. The van der Waals surface area contributed by atoms with Gasteiger partial charge in [0.2, 0.25) is 0 Å². The van der Waals surface area contributed by atoms with Gasteiger partial charge in [-0.1, -0.05) is 191 Å². The highest BCUT2D eigenvalue weighted by atomic mass is 16.7. The number of aliphatic hydroxyl groups is 7. The first-order valence-corrected chi connectivity index (χ1v) is 28.2. The van der Waals surface area contributed by atoms with Crippen molar-refractivity contribution in [1.29, 1.82) is 0 Å². The van der Waals surface area contributed by atoms with Crippen molar-refractivity contribution >= 4 is 11.9 Å². The van der Waals surface area contributed by atoms with Crippen molar-refractivity contribution in [3.05, 3.63) is 48.6 Å². The van der Waals surface area contributed by atoms with Gasteiger partial charge in [-0.2, -0.15) is 0 Å². The number of esters is 2. The molecule has 0 bridgehead atoms. The topological polar surface area (TPSA) is 231 Å². The number of ether oxygens (including phenoxy) is 6. The Labute approximate surface area is 433 Å². The Morgan fingerprint density at radius 3 is 1.38 bits per heavy atom. The molecule has 4 unspecified atom stereocenters. The van der Waals surface area contributed by atoms with Crippen LogP contribution in [0.4, 0.5) is 0 Å². The van der Waals surface area contributed by atoms with Crippen LogP contribution in [0.25, 0.3) is 0 Å². The molecular formula is C57H100O15. The normalized spacial score (nSPS) is 25.3. The molecule has 0 amide bonds. The van der Waals surface area contributed by atoms with Crippen LogP contribution in [0.1, 0.15) is 206 Å². The fourth-order valence-corrected chi connectivity index (χ4v) is 8.74. The molecule has 15 heteroatoms. The first-order chi connectivity index (χ1) is 35.0. The second kappa shape index (κ2) is 43.7. The summed E-state index contributed by atoms with van der Waals surface area (Å²) in [6.07, 6.45) is 32.9. The second-order valence-electron chi connectivity index (χ2n) is 19.7. The van der Waals surface area contributed by atoms with Gasteiger partial charge in [-0.3, -0.25) is 9.59 Å². The Balaban J connectivity index is 1.76. The number of hydrogen-bond acceptors (Lipinski definition) is 15. The summed E-state index contributed by atoms with van der Waals surface area (Å²) in [6, 6.07) is 0. The molecule has 0 saturated carbocycles. The molecule has 0 aromatic carbocycles. The smallest absolute Gasteiger partial charge is 0.306 e. The zero-order valence-electron chi connectivity index (χ0n) is 44.4. The summed E-state index contributed by atoms with van der Waals surface area (Å²) in [5.74, 6) is -0.967. The van der Waals surface area contributed by atoms with E-state index in [0.29, 0.717) is 12.8 Å². The molecule has 72 heavy (non-hydrogen) atoms. The van der Waals surface area contributed by atoms with Crippen LogP contribution in [0.5, 0.6) is 0 Å². The minimum atomic E-state index is -1.77. The predicted octanol–water partition coefficient (Wildman–Crippen LogP) is 9.05. The molecule has 0 radical (unpaired) electrons. The first kappa shape index (κ1) is 65.6. The van der Waals surface area contributed by atoms with Crippen molar-refractivity contribution in [2.45, 2.75) is 274 Å². The maximum Gasteiger partial charge on any atom is 0.306 e. The number of allylic oxidation sites excluding steroid dienone is 8. The molecule has 2 aliphatic rings. The average Bonchev–Trinajstić information content (AvgIpc) is 3.37. The van der Waals surface area contributed by atoms with Crippen LogP contribution in [-0.4, -0.2) is 142 Å². The maximum absolute atomic E-state index is 13.0. The molecular weight excluding hydrogens is 925 g/mol. The largest absolute Gasteiger partial charge is 0.462 e. The highest BCUT2D eigenvalue weighted by Crippen LogP contribution is 2.27. The third-order valence-corrected chi connectivity index (χ3v) is 13.3. The molecule has 11 atom stereocenters. The zero-order chi connectivity index (χ0) is 52.4. The van der Waals surface area contributed by atoms with Gasteiger partial charge in [0.25, 0.3) is 0 Å². The van der Waals surface area contributed by atoms with Gasteiger partial charge in [0, 0.05) is 12.8 Å². The van der Waals surface area contributed by atoms with E-state index in [-0.39, 0.29) is 19.4 Å². The summed E-state index contributed by atoms with van der Waals surface area (Å²) in [6.45, 7) is 2.46. The average molecular weight is 1030 g/mol. The molecule has 0 aromatic rings. The van der Waals surface area contributed by atoms with E-state index in [1.165, 1.54) is 109 Å². The van der Waals surface area contributed by atoms with Crippen LogP contribution in [-0.2, 0) is 38.0 Å². The third-order valence-electron chi connectivity index (χ3n) is 13.3. The molecule has 418 valence electrons. The lowest BCUT2D eigenvalue weighted by atomic mass is 9.98. The predicted molar refractivity (Wildman–Crippen MR) is 280 cm³/mol. The summed E-state index contributed by atoms with van der Waals surface area (Å²) in [7, 11) is 0. The highest BCUT2D eigenvalue weighted by molar-refractivity contribution is 5.70. The molecule has 2 saturated heterocycles. The van der Waals surface area contributed by atoms with Crippen LogP contribution in [0.2, 0.25) is 0 Å². The standard InChI is InChI=1S/C57H100O15/c1-3-5-7-9-11-13-15-17-19-20-21-22-23-24-26-27-29-31-33-35-37-39-48(59)67-42-45(70-49(60)40-38-36-34-32-30-28-25-18-16-14-12-10-8-6-4-2)43-68-56-55(66)53(64)51(62)47(72-56)44-69-57-54(65)52(63)50(61)46(41-58)71-57/h6,8,12,14,18,25,30,32,45-47,50-58,61-66H,3-5,7,9-11,13,15-17,19-24,26-29,31,33-44H2,1-2H3/b8-6+,14-12+,25-18+,32-30+/t45-,46+,47+,50-,51-,52?,53?,54?,55?,56+,57+/m0/s1. The van der Waals surface area contributed by atoms with Crippen LogP contribution in [0.15, 0.2) is 48.6 Å². The van der Waals surface area contributed by atoms with E-state index < -0.39 is 99.3 Å². The molecule has 0 aromatic heterocycles. The number of aliphatic hydroxyl groups excluding tert-OH is 7. The van der Waals surface area contributed by atoms with E-state index in [1.807, 2.05) is 0 Å². The summed E-state index contributed by atoms with van der Waals surface area (Å²) >= 11 is 0. The first-order valence-electron chi connectivity index (χ1n) is 28.2. The number of hydrogen-bond donors (Lipinski definition) is 7. The minimum Gasteiger partial charge on any atom is -0.462 e. The van der Waals surface area contributed by atoms with E-state index in [4.69, 9.17) is 28.4 Å². The lowest BCUT2D eigenvalue weighted by Crippen LogP contribution is -2.61. The summed E-state index contributed by atoms with van der Waals surface area (Å²) in [5.41, 5.74) is 0. The van der Waals surface area contributed by atoms with Gasteiger partial charge in [0.15, 0.2) is 18.7 Å². The van der Waals surface area contributed by atoms with Crippen LogP contribution in [0, 0.1) is 0 Å².